The molecule has 0 radical (unpaired) electrons. The first-order valence-corrected chi connectivity index (χ1v) is 9.57. The lowest BCUT2D eigenvalue weighted by Gasteiger charge is -2.23. The number of amides is 1. The zero-order chi connectivity index (χ0) is 20.1. The Balaban J connectivity index is 1.73. The van der Waals surface area contributed by atoms with Gasteiger partial charge in [-0.1, -0.05) is 24.3 Å². The summed E-state index contributed by atoms with van der Waals surface area (Å²) < 4.78 is 13.2. The van der Waals surface area contributed by atoms with Crippen LogP contribution in [0.2, 0.25) is 0 Å². The summed E-state index contributed by atoms with van der Waals surface area (Å²) in [5, 5.41) is 18.8. The maximum Gasteiger partial charge on any atom is 0.253 e. The molecule has 6 heteroatoms. The quantitative estimate of drug-likeness (QED) is 0.765. The van der Waals surface area contributed by atoms with Crippen molar-refractivity contribution in [2.24, 2.45) is 11.8 Å². The van der Waals surface area contributed by atoms with Crippen LogP contribution in [-0.2, 0) is 0 Å². The second-order valence-corrected chi connectivity index (χ2v) is 7.49. The molecule has 1 saturated heterocycles. The number of rotatable bonds is 7. The molecule has 1 aliphatic heterocycles. The summed E-state index contributed by atoms with van der Waals surface area (Å²) in [5.74, 6) is -0.147. The van der Waals surface area contributed by atoms with E-state index < -0.39 is 0 Å². The van der Waals surface area contributed by atoms with Crippen LogP contribution in [-0.4, -0.2) is 72.4 Å². The van der Waals surface area contributed by atoms with Crippen molar-refractivity contribution in [3.63, 3.8) is 0 Å². The van der Waals surface area contributed by atoms with Crippen LogP contribution >= 0.6 is 0 Å². The van der Waals surface area contributed by atoms with Crippen molar-refractivity contribution in [1.82, 2.24) is 9.80 Å². The molecule has 5 nitrogen and oxygen atoms in total. The zero-order valence-electron chi connectivity index (χ0n) is 16.1. The molecule has 28 heavy (non-hydrogen) atoms. The minimum absolute atomic E-state index is 0.0328. The van der Waals surface area contributed by atoms with E-state index in [2.05, 4.69) is 0 Å². The predicted octanol–water partition coefficient (Wildman–Crippen LogP) is 2.10. The van der Waals surface area contributed by atoms with Crippen molar-refractivity contribution in [3.8, 4) is 11.1 Å². The van der Waals surface area contributed by atoms with Gasteiger partial charge in [-0.25, -0.2) is 4.39 Å². The predicted molar refractivity (Wildman–Crippen MR) is 106 cm³/mol. The molecule has 0 bridgehead atoms. The Bertz CT molecular complexity index is 797. The van der Waals surface area contributed by atoms with Crippen molar-refractivity contribution in [1.29, 1.82) is 0 Å². The summed E-state index contributed by atoms with van der Waals surface area (Å²) in [7, 11) is 1.93. The van der Waals surface area contributed by atoms with E-state index in [-0.39, 0.29) is 36.8 Å². The van der Waals surface area contributed by atoms with Crippen LogP contribution in [0.1, 0.15) is 10.4 Å². The van der Waals surface area contributed by atoms with Crippen LogP contribution in [0.5, 0.6) is 0 Å². The van der Waals surface area contributed by atoms with Gasteiger partial charge >= 0.3 is 0 Å². The second kappa shape index (κ2) is 9.28. The smallest absolute Gasteiger partial charge is 0.253 e. The number of carbonyl (C=O) groups is 1. The van der Waals surface area contributed by atoms with Crippen molar-refractivity contribution < 1.29 is 19.4 Å². The van der Waals surface area contributed by atoms with E-state index in [1.54, 1.807) is 23.1 Å². The molecule has 2 N–H and O–H groups in total. The summed E-state index contributed by atoms with van der Waals surface area (Å²) in [6, 6.07) is 13.6. The lowest BCUT2D eigenvalue weighted by Crippen LogP contribution is -2.33. The van der Waals surface area contributed by atoms with E-state index >= 15 is 0 Å². The fourth-order valence-corrected chi connectivity index (χ4v) is 3.84. The first-order valence-electron chi connectivity index (χ1n) is 9.57. The molecule has 0 spiro atoms. The Morgan fingerprint density at radius 3 is 2.50 bits per heavy atom. The summed E-state index contributed by atoms with van der Waals surface area (Å²) in [5.41, 5.74) is 2.31. The summed E-state index contributed by atoms with van der Waals surface area (Å²) in [4.78, 5) is 16.9. The van der Waals surface area contributed by atoms with Crippen molar-refractivity contribution in [3.05, 3.63) is 59.9 Å². The van der Waals surface area contributed by atoms with Crippen molar-refractivity contribution in [2.45, 2.75) is 0 Å². The Morgan fingerprint density at radius 1 is 1.11 bits per heavy atom. The average molecular weight is 386 g/mol. The number of hydrogen-bond donors (Lipinski definition) is 2. The van der Waals surface area contributed by atoms with Gasteiger partial charge in [-0.15, -0.1) is 0 Å². The Kier molecular flexibility index (Phi) is 6.78. The molecular formula is C22H27FN2O3. The maximum atomic E-state index is 13.2. The van der Waals surface area contributed by atoms with E-state index in [0.29, 0.717) is 25.2 Å². The highest BCUT2D eigenvalue weighted by Gasteiger charge is 2.35. The molecule has 2 atom stereocenters. The van der Waals surface area contributed by atoms with Crippen LogP contribution in [0.25, 0.3) is 11.1 Å². The third-order valence-electron chi connectivity index (χ3n) is 5.41. The molecule has 1 heterocycles. The van der Waals surface area contributed by atoms with Crippen molar-refractivity contribution >= 4 is 5.91 Å². The van der Waals surface area contributed by atoms with Gasteiger partial charge in [-0.3, -0.25) is 4.79 Å². The largest absolute Gasteiger partial charge is 0.396 e. The third kappa shape index (κ3) is 4.76. The van der Waals surface area contributed by atoms with E-state index in [1.807, 2.05) is 30.1 Å². The molecule has 0 aliphatic carbocycles. The molecule has 150 valence electrons. The molecule has 0 saturated carbocycles. The molecule has 1 aliphatic rings. The van der Waals surface area contributed by atoms with Crippen LogP contribution < -0.4 is 0 Å². The molecule has 1 fully saturated rings. The normalized spacial score (nSPS) is 19.4. The van der Waals surface area contributed by atoms with Crippen molar-refractivity contribution in [2.75, 3.05) is 46.4 Å². The Morgan fingerprint density at radius 2 is 1.82 bits per heavy atom. The molecule has 0 unspecified atom stereocenters. The highest BCUT2D eigenvalue weighted by Crippen LogP contribution is 2.27. The number of halogens is 1. The van der Waals surface area contributed by atoms with Gasteiger partial charge in [0.2, 0.25) is 0 Å². The monoisotopic (exact) mass is 386 g/mol. The molecular weight excluding hydrogens is 359 g/mol. The first-order chi connectivity index (χ1) is 13.5. The number of likely N-dealkylation sites (N-methyl/N-ethyl adjacent to an activating group) is 1. The van der Waals surface area contributed by atoms with Gasteiger partial charge in [0, 0.05) is 44.3 Å². The van der Waals surface area contributed by atoms with E-state index in [0.717, 1.165) is 17.7 Å². The average Bonchev–Trinajstić information content (AvgIpc) is 3.11. The van der Waals surface area contributed by atoms with Crippen LogP contribution in [0.15, 0.2) is 48.5 Å². The van der Waals surface area contributed by atoms with E-state index in [4.69, 9.17) is 5.11 Å². The number of carbonyl (C=O) groups excluding carboxylic acids is 1. The Labute approximate surface area is 165 Å². The standard InChI is InChI=1S/C22H27FN2O3/c1-24(9-10-26)12-19-13-25(14-20(19)15-27)22(28)18-4-2-3-17(11-18)16-5-7-21(23)8-6-16/h2-8,11,19-20,26-27H,9-10,12-15H2,1H3/t19-,20-/m1/s1. The zero-order valence-corrected chi connectivity index (χ0v) is 16.1. The molecule has 3 rings (SSSR count). The van der Waals surface area contributed by atoms with Gasteiger partial charge in [0.25, 0.3) is 5.91 Å². The number of aliphatic hydroxyl groups is 2. The van der Waals surface area contributed by atoms with Gasteiger partial charge in [-0.2, -0.15) is 0 Å². The Hall–Kier alpha value is -2.28. The highest BCUT2D eigenvalue weighted by molar-refractivity contribution is 5.95. The lowest BCUT2D eigenvalue weighted by molar-refractivity contribution is 0.0779. The van der Waals surface area contributed by atoms with Gasteiger partial charge in [0.1, 0.15) is 5.82 Å². The number of likely N-dealkylation sites (tertiary alicyclic amines) is 1. The minimum atomic E-state index is -0.291. The topological polar surface area (TPSA) is 64.0 Å². The second-order valence-electron chi connectivity index (χ2n) is 7.49. The lowest BCUT2D eigenvalue weighted by atomic mass is 9.96. The SMILES string of the molecule is CN(CCO)C[C@@H]1CN(C(=O)c2cccc(-c3ccc(F)cc3)c2)C[C@@H]1CO. The first kappa shape index (κ1) is 20.5. The van der Waals surface area contributed by atoms with E-state index in [1.165, 1.54) is 12.1 Å². The fourth-order valence-electron chi connectivity index (χ4n) is 3.84. The number of nitrogens with zero attached hydrogens (tertiary/aromatic N) is 2. The fraction of sp³-hybridized carbons (Fsp3) is 0.409. The van der Waals surface area contributed by atoms with Gasteiger partial charge in [0.15, 0.2) is 0 Å². The third-order valence-corrected chi connectivity index (χ3v) is 5.41. The van der Waals surface area contributed by atoms with Crippen LogP contribution in [0, 0.1) is 17.7 Å². The molecule has 2 aromatic carbocycles. The summed E-state index contributed by atoms with van der Waals surface area (Å²) in [6.45, 7) is 2.53. The summed E-state index contributed by atoms with van der Waals surface area (Å²) in [6.07, 6.45) is 0. The van der Waals surface area contributed by atoms with Crippen LogP contribution in [0.3, 0.4) is 0 Å². The maximum absolute atomic E-state index is 13.2. The van der Waals surface area contributed by atoms with Gasteiger partial charge in [-0.05, 0) is 48.4 Å². The highest BCUT2D eigenvalue weighted by atomic mass is 19.1. The number of aliphatic hydroxyl groups excluding tert-OH is 2. The minimum Gasteiger partial charge on any atom is -0.396 e. The van der Waals surface area contributed by atoms with Gasteiger partial charge < -0.3 is 20.0 Å². The molecule has 2 aromatic rings. The van der Waals surface area contributed by atoms with Gasteiger partial charge in [0.05, 0.1) is 6.61 Å². The number of benzene rings is 2. The molecule has 0 aromatic heterocycles. The summed E-state index contributed by atoms with van der Waals surface area (Å²) >= 11 is 0. The number of hydrogen-bond acceptors (Lipinski definition) is 4. The molecule has 1 amide bonds. The van der Waals surface area contributed by atoms with E-state index in [9.17, 15) is 14.3 Å². The van der Waals surface area contributed by atoms with Crippen LogP contribution in [0.4, 0.5) is 4.39 Å².